The number of ketones is 2. The molecule has 4 aromatic heterocycles. The molecule has 0 bridgehead atoms. The van der Waals surface area contributed by atoms with Crippen LogP contribution < -0.4 is 0 Å². The summed E-state index contributed by atoms with van der Waals surface area (Å²) in [7, 11) is 0. The third-order valence-corrected chi connectivity index (χ3v) is 16.1. The average molecular weight is 2080 g/mol. The summed E-state index contributed by atoms with van der Waals surface area (Å²) in [5.41, 5.74) is 23.3. The molecule has 8 aromatic carbocycles. The van der Waals surface area contributed by atoms with Gasteiger partial charge in [-0.15, -0.1) is 144 Å². The minimum Gasteiger partial charge on any atom is -0.512 e. The summed E-state index contributed by atoms with van der Waals surface area (Å²) in [5, 5.41) is 16.7. The number of pyridine rings is 4. The standard InChI is InChI=1S/2C21H20N.C20H16N.C20H18N.2C5H8O2.4Ir/c2*1-21(2,3)19-11-7-10-17(14-19)18-12-13-20(22-15-18)16-8-5-4-6-9-16;1-2-5-16(6-3-1)20-12-11-19(14-21-20)18-8-4-7-17(13-18)15-9-10-15;1-15(2)17-9-6-10-18(13-17)19-11-12-20(21-14-19)16-7-4-3-5-8-16;2*1-4(6)3-5(2)7;;;;/h2*4-8,10-15H,1-3H3;1-5,7-8,11-15H,9-10H2;3-7,9-15H,1-2H3;2*3,6H,1-2H3;;;;/q4*-1;;;;;;. The van der Waals surface area contributed by atoms with Gasteiger partial charge in [-0.05, 0) is 153 Å². The second-order valence-corrected chi connectivity index (χ2v) is 27.0. The van der Waals surface area contributed by atoms with Gasteiger partial charge < -0.3 is 30.1 Å². The summed E-state index contributed by atoms with van der Waals surface area (Å²) < 4.78 is 0. The molecule has 0 unspecified atom stereocenters. The molecule has 12 heteroatoms. The van der Waals surface area contributed by atoms with Gasteiger partial charge in [0, 0.05) is 117 Å². The number of benzene rings is 8. The summed E-state index contributed by atoms with van der Waals surface area (Å²) in [6, 6.07) is 96.3. The zero-order valence-electron chi connectivity index (χ0n) is 61.0. The van der Waals surface area contributed by atoms with Crippen molar-refractivity contribution in [1.29, 1.82) is 0 Å². The minimum atomic E-state index is -0.125. The summed E-state index contributed by atoms with van der Waals surface area (Å²) in [6.45, 7) is 23.5. The van der Waals surface area contributed by atoms with Crippen molar-refractivity contribution in [3.8, 4) is 89.5 Å². The summed E-state index contributed by atoms with van der Waals surface area (Å²) in [4.78, 5) is 38.4. The van der Waals surface area contributed by atoms with Gasteiger partial charge in [-0.3, -0.25) is 9.59 Å². The molecule has 0 atom stereocenters. The maximum atomic E-state index is 10.0. The number of aliphatic hydroxyl groups excluding tert-OH is 2. The first kappa shape index (κ1) is 87.8. The van der Waals surface area contributed by atoms with Crippen LogP contribution in [0.5, 0.6) is 0 Å². The van der Waals surface area contributed by atoms with Gasteiger partial charge in [-0.1, -0.05) is 201 Å². The predicted octanol–water partition coefficient (Wildman–Crippen LogP) is 23.5. The fraction of sp³-hybridized carbons (Fsp3) is 0.196. The first-order valence-corrected chi connectivity index (χ1v) is 33.9. The van der Waals surface area contributed by atoms with Crippen LogP contribution in [-0.4, -0.2) is 41.7 Å². The van der Waals surface area contributed by atoms with E-state index in [1.54, 1.807) is 0 Å². The normalized spacial score (nSPS) is 11.4. The molecule has 1 saturated carbocycles. The Morgan fingerprint density at radius 3 is 0.913 bits per heavy atom. The molecule has 542 valence electrons. The zero-order valence-corrected chi connectivity index (χ0v) is 70.5. The van der Waals surface area contributed by atoms with Gasteiger partial charge in [0.15, 0.2) is 11.6 Å². The third-order valence-electron chi connectivity index (χ3n) is 16.1. The van der Waals surface area contributed by atoms with E-state index in [0.717, 1.165) is 67.6 Å². The van der Waals surface area contributed by atoms with Crippen LogP contribution in [0, 0.1) is 24.3 Å². The Kier molecular flexibility index (Phi) is 36.8. The Labute approximate surface area is 671 Å². The molecule has 0 amide bonds. The van der Waals surface area contributed by atoms with Crippen LogP contribution in [0.3, 0.4) is 0 Å². The third kappa shape index (κ3) is 28.8. The second-order valence-electron chi connectivity index (χ2n) is 27.0. The number of hydrogen-bond acceptors (Lipinski definition) is 8. The van der Waals surface area contributed by atoms with Crippen molar-refractivity contribution in [2.75, 3.05) is 0 Å². The maximum Gasteiger partial charge on any atom is 0.155 e. The van der Waals surface area contributed by atoms with Crippen LogP contribution in [-0.2, 0) is 101 Å². The van der Waals surface area contributed by atoms with Crippen LogP contribution in [0.15, 0.2) is 291 Å². The number of carbonyl (C=O) groups excluding carboxylic acids is 2. The fourth-order valence-electron chi connectivity index (χ4n) is 10.5. The van der Waals surface area contributed by atoms with Crippen LogP contribution in [0.2, 0.25) is 0 Å². The van der Waals surface area contributed by atoms with Crippen molar-refractivity contribution in [3.63, 3.8) is 0 Å². The quantitative estimate of drug-likeness (QED) is 0.0704. The SMILES string of the molecule is CC(=O)C=C(C)O.CC(=O)C=C(C)O.CC(C)(C)c1cccc(-c2ccc(-c3[c-]cccc3)nc2)c1.CC(C)(C)c1cccc(-c2ccc(-c3[c-]cccc3)nc2)c1.CC(C)c1cccc(-c2ccc(-c3[c-]cccc3)nc2)c1.[Ir].[Ir].[Ir].[Ir].[c-]1ccccc1-c1ccc(-c2cccc(C3CC3)c2)cn1. The van der Waals surface area contributed by atoms with Crippen molar-refractivity contribution in [1.82, 2.24) is 19.9 Å². The molecule has 1 aliphatic rings. The fourth-order valence-corrected chi connectivity index (χ4v) is 10.5. The van der Waals surface area contributed by atoms with Gasteiger partial charge in [-0.25, -0.2) is 0 Å². The van der Waals surface area contributed by atoms with Gasteiger partial charge in [0.1, 0.15) is 0 Å². The molecule has 0 saturated heterocycles. The molecule has 1 fully saturated rings. The number of aromatic nitrogens is 4. The first-order valence-electron chi connectivity index (χ1n) is 33.9. The van der Waals surface area contributed by atoms with Crippen molar-refractivity contribution >= 4 is 11.6 Å². The second kappa shape index (κ2) is 43.6. The van der Waals surface area contributed by atoms with Gasteiger partial charge in [0.2, 0.25) is 0 Å². The number of aliphatic hydroxyl groups is 2. The number of carbonyl (C=O) groups is 2. The zero-order chi connectivity index (χ0) is 71.6. The molecule has 4 heterocycles. The van der Waals surface area contributed by atoms with E-state index in [9.17, 15) is 9.59 Å². The van der Waals surface area contributed by atoms with Crippen LogP contribution in [0.25, 0.3) is 89.5 Å². The van der Waals surface area contributed by atoms with E-state index in [0.29, 0.717) is 5.92 Å². The van der Waals surface area contributed by atoms with Crippen LogP contribution in [0.4, 0.5) is 0 Å². The van der Waals surface area contributed by atoms with E-state index >= 15 is 0 Å². The Morgan fingerprint density at radius 1 is 0.375 bits per heavy atom. The number of nitrogens with zero attached hydrogens (tertiary/aromatic N) is 4. The molecule has 0 spiro atoms. The Morgan fingerprint density at radius 2 is 0.673 bits per heavy atom. The van der Waals surface area contributed by atoms with E-state index in [2.05, 4.69) is 245 Å². The van der Waals surface area contributed by atoms with Gasteiger partial charge in [0.25, 0.3) is 0 Å². The Balaban J connectivity index is 0.000000273. The van der Waals surface area contributed by atoms with Crippen molar-refractivity contribution < 1.29 is 100 Å². The Bertz CT molecular complexity index is 4300. The van der Waals surface area contributed by atoms with Crippen molar-refractivity contribution in [2.24, 2.45) is 0 Å². The van der Waals surface area contributed by atoms with Gasteiger partial charge in [-0.2, -0.15) is 0 Å². The van der Waals surface area contributed by atoms with E-state index in [4.69, 9.17) is 10.2 Å². The van der Waals surface area contributed by atoms with Gasteiger partial charge in [0.05, 0.1) is 11.5 Å². The molecule has 13 rings (SSSR count). The molecule has 4 radical (unpaired) electrons. The molecule has 2 N–H and O–H groups in total. The topological polar surface area (TPSA) is 126 Å². The summed E-state index contributed by atoms with van der Waals surface area (Å²) >= 11 is 0. The average Bonchev–Trinajstić information content (AvgIpc) is 1.28. The number of rotatable bonds is 12. The minimum absolute atomic E-state index is 0. The molecule has 8 nitrogen and oxygen atoms in total. The van der Waals surface area contributed by atoms with Crippen LogP contribution >= 0.6 is 0 Å². The van der Waals surface area contributed by atoms with Crippen molar-refractivity contribution in [3.05, 3.63) is 338 Å². The van der Waals surface area contributed by atoms with Gasteiger partial charge >= 0.3 is 0 Å². The van der Waals surface area contributed by atoms with E-state index < -0.39 is 0 Å². The smallest absolute Gasteiger partial charge is 0.155 e. The molecule has 12 aromatic rings. The molecule has 0 aliphatic heterocycles. The molecule has 104 heavy (non-hydrogen) atoms. The van der Waals surface area contributed by atoms with Crippen LogP contribution in [0.1, 0.15) is 130 Å². The van der Waals surface area contributed by atoms with E-state index in [1.165, 1.54) is 103 Å². The summed E-state index contributed by atoms with van der Waals surface area (Å²) in [5.74, 6) is 1.20. The number of allylic oxidation sites excluding steroid dienone is 4. The Hall–Kier alpha value is -8.62. The van der Waals surface area contributed by atoms with E-state index in [-0.39, 0.29) is 114 Å². The van der Waals surface area contributed by atoms with Crippen molar-refractivity contribution in [2.45, 2.75) is 119 Å². The number of hydrogen-bond donors (Lipinski definition) is 2. The molecule has 1 aliphatic carbocycles. The van der Waals surface area contributed by atoms with E-state index in [1.807, 2.05) is 122 Å². The molecular weight excluding hydrogens is 1990 g/mol. The largest absolute Gasteiger partial charge is 0.512 e. The maximum absolute atomic E-state index is 10.0. The first-order chi connectivity index (χ1) is 48.0. The monoisotopic (exact) mass is 2090 g/mol. The molecular formula is C92H90Ir4N4O4-4. The summed E-state index contributed by atoms with van der Waals surface area (Å²) in [6.07, 6.45) is 12.8. The predicted molar refractivity (Wildman–Crippen MR) is 413 cm³/mol.